The van der Waals surface area contributed by atoms with Gasteiger partial charge in [-0.25, -0.2) is 4.68 Å². The summed E-state index contributed by atoms with van der Waals surface area (Å²) in [6.45, 7) is 8.29. The molecule has 1 saturated heterocycles. The van der Waals surface area contributed by atoms with Crippen molar-refractivity contribution in [2.75, 3.05) is 32.7 Å². The van der Waals surface area contributed by atoms with Gasteiger partial charge >= 0.3 is 0 Å². The SMILES string of the molecule is CCN1CCN(C(=O)C(C)n2c3ccccc3c3cnn(C)c(=O)c32)CC1. The Kier molecular flexibility index (Phi) is 4.47. The quantitative estimate of drug-likeness (QED) is 0.706. The molecule has 27 heavy (non-hydrogen) atoms. The van der Waals surface area contributed by atoms with E-state index < -0.39 is 6.04 Å². The molecule has 3 aromatic rings. The predicted octanol–water partition coefficient (Wildman–Crippen LogP) is 1.61. The summed E-state index contributed by atoms with van der Waals surface area (Å²) in [7, 11) is 1.64. The summed E-state index contributed by atoms with van der Waals surface area (Å²) in [5.41, 5.74) is 1.26. The van der Waals surface area contributed by atoms with Crippen LogP contribution in [0, 0.1) is 0 Å². The highest BCUT2D eigenvalue weighted by molar-refractivity contribution is 6.08. The second kappa shape index (κ2) is 6.81. The maximum atomic E-state index is 13.2. The van der Waals surface area contributed by atoms with Gasteiger partial charge in [-0.3, -0.25) is 9.59 Å². The summed E-state index contributed by atoms with van der Waals surface area (Å²) < 4.78 is 3.22. The van der Waals surface area contributed by atoms with Crippen LogP contribution in [-0.4, -0.2) is 62.8 Å². The molecule has 0 spiro atoms. The lowest BCUT2D eigenvalue weighted by Gasteiger charge is -2.35. The van der Waals surface area contributed by atoms with Gasteiger partial charge in [0.15, 0.2) is 0 Å². The molecule has 1 amide bonds. The zero-order valence-corrected chi connectivity index (χ0v) is 16.1. The average Bonchev–Trinajstić information content (AvgIpc) is 3.05. The van der Waals surface area contributed by atoms with Crippen LogP contribution in [-0.2, 0) is 11.8 Å². The lowest BCUT2D eigenvalue weighted by Crippen LogP contribution is -2.50. The fraction of sp³-hybridized carbons (Fsp3) is 0.450. The number of piperazine rings is 1. The Morgan fingerprint density at radius 2 is 1.85 bits per heavy atom. The van der Waals surface area contributed by atoms with E-state index in [1.54, 1.807) is 13.2 Å². The Morgan fingerprint density at radius 1 is 1.15 bits per heavy atom. The van der Waals surface area contributed by atoms with Crippen molar-refractivity contribution in [1.29, 1.82) is 0 Å². The van der Waals surface area contributed by atoms with Gasteiger partial charge in [0.05, 0.1) is 11.7 Å². The number of carbonyl (C=O) groups excluding carboxylic acids is 1. The van der Waals surface area contributed by atoms with Gasteiger partial charge in [0.25, 0.3) is 5.56 Å². The Balaban J connectivity index is 1.81. The van der Waals surface area contributed by atoms with Crippen LogP contribution >= 0.6 is 0 Å². The number of para-hydroxylation sites is 1. The summed E-state index contributed by atoms with van der Waals surface area (Å²) in [6, 6.07) is 7.38. The highest BCUT2D eigenvalue weighted by Gasteiger charge is 2.28. The van der Waals surface area contributed by atoms with Crippen molar-refractivity contribution < 1.29 is 4.79 Å². The fourth-order valence-corrected chi connectivity index (χ4v) is 4.05. The number of nitrogens with zero attached hydrogens (tertiary/aromatic N) is 5. The molecule has 1 aliphatic heterocycles. The van der Waals surface area contributed by atoms with Gasteiger partial charge in [-0.2, -0.15) is 5.10 Å². The van der Waals surface area contributed by atoms with Gasteiger partial charge in [0.2, 0.25) is 5.91 Å². The van der Waals surface area contributed by atoms with Gasteiger partial charge in [0, 0.05) is 44.0 Å². The van der Waals surface area contributed by atoms with Crippen LogP contribution in [0.1, 0.15) is 19.9 Å². The third kappa shape index (κ3) is 2.82. The van der Waals surface area contributed by atoms with E-state index in [-0.39, 0.29) is 11.5 Å². The largest absolute Gasteiger partial charge is 0.338 e. The van der Waals surface area contributed by atoms with Crippen molar-refractivity contribution in [2.45, 2.75) is 19.9 Å². The first-order valence-corrected chi connectivity index (χ1v) is 9.49. The highest BCUT2D eigenvalue weighted by atomic mass is 16.2. The molecular weight excluding hydrogens is 342 g/mol. The number of benzene rings is 1. The van der Waals surface area contributed by atoms with Gasteiger partial charge in [-0.05, 0) is 19.5 Å². The zero-order chi connectivity index (χ0) is 19.1. The van der Waals surface area contributed by atoms with Gasteiger partial charge in [-0.15, -0.1) is 0 Å². The molecule has 1 aromatic carbocycles. The summed E-state index contributed by atoms with van der Waals surface area (Å²) in [6.07, 6.45) is 1.72. The predicted molar refractivity (Wildman–Crippen MR) is 106 cm³/mol. The molecule has 4 rings (SSSR count). The first kappa shape index (κ1) is 17.7. The molecule has 142 valence electrons. The monoisotopic (exact) mass is 367 g/mol. The fourth-order valence-electron chi connectivity index (χ4n) is 4.05. The Labute approximate surface area is 157 Å². The molecule has 0 bridgehead atoms. The van der Waals surface area contributed by atoms with E-state index >= 15 is 0 Å². The number of amides is 1. The molecule has 2 aromatic heterocycles. The molecule has 1 aliphatic rings. The second-order valence-corrected chi connectivity index (χ2v) is 7.16. The van der Waals surface area contributed by atoms with Crippen molar-refractivity contribution in [3.05, 3.63) is 40.8 Å². The Hall–Kier alpha value is -2.67. The van der Waals surface area contributed by atoms with Crippen molar-refractivity contribution in [3.63, 3.8) is 0 Å². The van der Waals surface area contributed by atoms with Crippen LogP contribution in [0.25, 0.3) is 21.8 Å². The van der Waals surface area contributed by atoms with Crippen LogP contribution in [0.2, 0.25) is 0 Å². The summed E-state index contributed by atoms with van der Waals surface area (Å²) >= 11 is 0. The molecule has 0 radical (unpaired) electrons. The van der Waals surface area contributed by atoms with Crippen LogP contribution in [0.5, 0.6) is 0 Å². The third-order valence-electron chi connectivity index (χ3n) is 5.68. The van der Waals surface area contributed by atoms with E-state index in [0.717, 1.165) is 49.0 Å². The Morgan fingerprint density at radius 3 is 2.56 bits per heavy atom. The molecule has 7 nitrogen and oxygen atoms in total. The smallest absolute Gasteiger partial charge is 0.291 e. The number of aromatic nitrogens is 3. The van der Waals surface area contributed by atoms with E-state index in [9.17, 15) is 9.59 Å². The van der Waals surface area contributed by atoms with Crippen LogP contribution in [0.15, 0.2) is 35.3 Å². The van der Waals surface area contributed by atoms with E-state index in [2.05, 4.69) is 16.9 Å². The number of hydrogen-bond acceptors (Lipinski definition) is 4. The summed E-state index contributed by atoms with van der Waals surface area (Å²) in [5.74, 6) is 0.0623. The number of likely N-dealkylation sites (N-methyl/N-ethyl adjacent to an activating group) is 1. The molecule has 3 heterocycles. The minimum atomic E-state index is -0.448. The maximum absolute atomic E-state index is 13.2. The molecule has 0 aliphatic carbocycles. The average molecular weight is 367 g/mol. The number of aryl methyl sites for hydroxylation is 1. The third-order valence-corrected chi connectivity index (χ3v) is 5.68. The molecule has 7 heteroatoms. The molecule has 1 unspecified atom stereocenters. The van der Waals surface area contributed by atoms with Crippen molar-refractivity contribution in [1.82, 2.24) is 24.1 Å². The minimum Gasteiger partial charge on any atom is -0.338 e. The van der Waals surface area contributed by atoms with Crippen LogP contribution < -0.4 is 5.56 Å². The lowest BCUT2D eigenvalue weighted by atomic mass is 10.2. The van der Waals surface area contributed by atoms with E-state index in [1.807, 2.05) is 40.7 Å². The van der Waals surface area contributed by atoms with Crippen LogP contribution in [0.4, 0.5) is 0 Å². The van der Waals surface area contributed by atoms with Crippen molar-refractivity contribution in [2.24, 2.45) is 7.05 Å². The Bertz CT molecular complexity index is 1060. The van der Waals surface area contributed by atoms with Crippen LogP contribution in [0.3, 0.4) is 0 Å². The first-order valence-electron chi connectivity index (χ1n) is 9.49. The van der Waals surface area contributed by atoms with E-state index in [4.69, 9.17) is 0 Å². The topological polar surface area (TPSA) is 63.4 Å². The zero-order valence-electron chi connectivity index (χ0n) is 16.1. The normalized spacial score (nSPS) is 16.9. The van der Waals surface area contributed by atoms with Gasteiger partial charge < -0.3 is 14.4 Å². The van der Waals surface area contributed by atoms with Gasteiger partial charge in [0.1, 0.15) is 11.6 Å². The van der Waals surface area contributed by atoms with Crippen molar-refractivity contribution in [3.8, 4) is 0 Å². The first-order chi connectivity index (χ1) is 13.0. The van der Waals surface area contributed by atoms with E-state index in [0.29, 0.717) is 5.52 Å². The van der Waals surface area contributed by atoms with Crippen molar-refractivity contribution >= 4 is 27.7 Å². The number of carbonyl (C=O) groups is 1. The molecular formula is C20H25N5O2. The highest BCUT2D eigenvalue weighted by Crippen LogP contribution is 2.30. The standard InChI is InChI=1S/C20H25N5O2/c1-4-23-9-11-24(12-10-23)19(26)14(2)25-17-8-6-5-7-15(17)16-13-21-22(3)20(27)18(16)25/h5-8,13-14H,4,9-12H2,1-3H3. The number of fused-ring (bicyclic) bond motifs is 3. The molecule has 0 N–H and O–H groups in total. The molecule has 1 atom stereocenters. The second-order valence-electron chi connectivity index (χ2n) is 7.16. The minimum absolute atomic E-state index is 0.0623. The summed E-state index contributed by atoms with van der Waals surface area (Å²) in [4.78, 5) is 30.4. The van der Waals surface area contributed by atoms with E-state index in [1.165, 1.54) is 4.68 Å². The number of hydrogen-bond donors (Lipinski definition) is 0. The lowest BCUT2D eigenvalue weighted by molar-refractivity contribution is -0.135. The molecule has 1 fully saturated rings. The number of rotatable bonds is 3. The maximum Gasteiger partial charge on any atom is 0.291 e. The van der Waals surface area contributed by atoms with Gasteiger partial charge in [-0.1, -0.05) is 25.1 Å². The summed E-state index contributed by atoms with van der Waals surface area (Å²) in [5, 5.41) is 5.92. The molecule has 0 saturated carbocycles.